The third kappa shape index (κ3) is 8.52. The van der Waals surface area contributed by atoms with Crippen molar-refractivity contribution in [3.63, 3.8) is 0 Å². The molecule has 1 amide bonds. The summed E-state index contributed by atoms with van der Waals surface area (Å²) in [6.07, 6.45) is 8.49. The van der Waals surface area contributed by atoms with Crippen LogP contribution in [0.1, 0.15) is 64.2 Å². The maximum absolute atomic E-state index is 11.0. The number of aliphatic hydroxyl groups excluding tert-OH is 2. The van der Waals surface area contributed by atoms with Crippen molar-refractivity contribution in [3.8, 4) is 0 Å². The molecule has 1 aliphatic rings. The third-order valence-corrected chi connectivity index (χ3v) is 6.96. The van der Waals surface area contributed by atoms with Crippen LogP contribution in [0.5, 0.6) is 0 Å². The topological polar surface area (TPSA) is 89.8 Å². The van der Waals surface area contributed by atoms with Crippen molar-refractivity contribution >= 4 is 17.7 Å². The summed E-state index contributed by atoms with van der Waals surface area (Å²) in [5.41, 5.74) is 1.66. The average molecular weight is 410 g/mol. The Balaban J connectivity index is 1.61. The van der Waals surface area contributed by atoms with Gasteiger partial charge in [-0.2, -0.15) is 0 Å². The van der Waals surface area contributed by atoms with Gasteiger partial charge in [0.2, 0.25) is 5.91 Å². The number of unbranched alkanes of at least 4 members (excludes halogenated alkanes) is 3. The van der Waals surface area contributed by atoms with Crippen LogP contribution in [0.25, 0.3) is 0 Å². The fraction of sp³-hybridized carbons (Fsp3) is 0.682. The van der Waals surface area contributed by atoms with Gasteiger partial charge in [0.1, 0.15) is 0 Å². The second-order valence-electron chi connectivity index (χ2n) is 7.91. The molecule has 1 aromatic rings. The van der Waals surface area contributed by atoms with Crippen molar-refractivity contribution < 1.29 is 20.2 Å². The number of thioether (sulfide) groups is 1. The Morgan fingerprint density at radius 2 is 1.86 bits per heavy atom. The van der Waals surface area contributed by atoms with E-state index < -0.39 is 0 Å². The van der Waals surface area contributed by atoms with E-state index in [1.54, 1.807) is 17.2 Å². The van der Waals surface area contributed by atoms with E-state index in [1.807, 2.05) is 18.2 Å². The van der Waals surface area contributed by atoms with E-state index >= 15 is 0 Å². The Labute approximate surface area is 172 Å². The summed E-state index contributed by atoms with van der Waals surface area (Å²) in [6, 6.07) is 10.1. The van der Waals surface area contributed by atoms with Crippen molar-refractivity contribution in [2.24, 2.45) is 11.8 Å². The number of hydrogen-bond acceptors (Lipinski definition) is 5. The van der Waals surface area contributed by atoms with Crippen LogP contribution >= 0.6 is 11.8 Å². The van der Waals surface area contributed by atoms with Gasteiger partial charge in [-0.25, -0.2) is 5.48 Å². The number of nitrogens with one attached hydrogen (secondary N) is 1. The molecule has 4 N–H and O–H groups in total. The zero-order valence-electron chi connectivity index (χ0n) is 16.6. The van der Waals surface area contributed by atoms with Gasteiger partial charge in [0.15, 0.2) is 0 Å². The van der Waals surface area contributed by atoms with Gasteiger partial charge in [-0.3, -0.25) is 10.0 Å². The molecule has 0 spiro atoms. The highest BCUT2D eigenvalue weighted by Gasteiger charge is 2.34. The molecule has 2 unspecified atom stereocenters. The number of hydrogen-bond donors (Lipinski definition) is 4. The van der Waals surface area contributed by atoms with Crippen LogP contribution in [-0.2, 0) is 4.79 Å². The van der Waals surface area contributed by atoms with Gasteiger partial charge in [-0.1, -0.05) is 43.9 Å². The molecule has 158 valence electrons. The predicted molar refractivity (Wildman–Crippen MR) is 112 cm³/mol. The van der Waals surface area contributed by atoms with Gasteiger partial charge >= 0.3 is 0 Å². The first kappa shape index (κ1) is 23.2. The van der Waals surface area contributed by atoms with Gasteiger partial charge in [0, 0.05) is 17.1 Å². The smallest absolute Gasteiger partial charge is 0.243 e. The van der Waals surface area contributed by atoms with Crippen molar-refractivity contribution in [1.29, 1.82) is 0 Å². The summed E-state index contributed by atoms with van der Waals surface area (Å²) < 4.78 is 0. The quantitative estimate of drug-likeness (QED) is 0.170. The molecule has 1 aliphatic carbocycles. The first-order valence-corrected chi connectivity index (χ1v) is 11.6. The number of rotatable bonds is 13. The molecule has 5 nitrogen and oxygen atoms in total. The zero-order valence-corrected chi connectivity index (χ0v) is 17.4. The van der Waals surface area contributed by atoms with Crippen LogP contribution in [0.15, 0.2) is 35.2 Å². The van der Waals surface area contributed by atoms with Gasteiger partial charge in [-0.15, -0.1) is 11.8 Å². The molecule has 1 aromatic carbocycles. The maximum atomic E-state index is 11.0. The Morgan fingerprint density at radius 3 is 2.61 bits per heavy atom. The molecule has 6 heteroatoms. The lowest BCUT2D eigenvalue weighted by molar-refractivity contribution is -0.129. The molecule has 0 radical (unpaired) electrons. The number of benzene rings is 1. The molecular formula is C22H35NO4S. The summed E-state index contributed by atoms with van der Waals surface area (Å²) in [5, 5.41) is 29.2. The minimum Gasteiger partial charge on any atom is -0.393 e. The van der Waals surface area contributed by atoms with E-state index in [1.165, 1.54) is 4.90 Å². The minimum atomic E-state index is -0.337. The molecule has 2 rings (SSSR count). The first-order valence-electron chi connectivity index (χ1n) is 10.6. The van der Waals surface area contributed by atoms with Crippen LogP contribution in [0.2, 0.25) is 0 Å². The fourth-order valence-electron chi connectivity index (χ4n) is 4.19. The van der Waals surface area contributed by atoms with E-state index in [-0.39, 0.29) is 18.1 Å². The second kappa shape index (κ2) is 13.2. The van der Waals surface area contributed by atoms with Crippen LogP contribution < -0.4 is 5.48 Å². The summed E-state index contributed by atoms with van der Waals surface area (Å²) in [5.74, 6) is 1.23. The van der Waals surface area contributed by atoms with Crippen molar-refractivity contribution in [3.05, 3.63) is 30.3 Å². The van der Waals surface area contributed by atoms with Crippen LogP contribution in [0, 0.1) is 11.8 Å². The highest BCUT2D eigenvalue weighted by atomic mass is 32.2. The van der Waals surface area contributed by atoms with Crippen molar-refractivity contribution in [2.45, 2.75) is 81.3 Å². The molecule has 1 fully saturated rings. The monoisotopic (exact) mass is 409 g/mol. The Bertz CT molecular complexity index is 557. The van der Waals surface area contributed by atoms with E-state index in [0.29, 0.717) is 24.0 Å². The summed E-state index contributed by atoms with van der Waals surface area (Å²) in [6.45, 7) is 0. The lowest BCUT2D eigenvalue weighted by atomic mass is 9.86. The van der Waals surface area contributed by atoms with Gasteiger partial charge < -0.3 is 10.2 Å². The number of aliphatic hydroxyl groups is 2. The van der Waals surface area contributed by atoms with Gasteiger partial charge in [-0.05, 0) is 56.1 Å². The number of carbonyl (C=O) groups excluding carboxylic acids is 1. The number of amides is 1. The Kier molecular flexibility index (Phi) is 10.9. The minimum absolute atomic E-state index is 0.229. The Hall–Kier alpha value is -1.08. The lowest BCUT2D eigenvalue weighted by Crippen LogP contribution is -2.22. The van der Waals surface area contributed by atoms with Crippen molar-refractivity contribution in [2.75, 3.05) is 5.75 Å². The fourth-order valence-corrected chi connectivity index (χ4v) is 5.09. The van der Waals surface area contributed by atoms with Crippen LogP contribution in [-0.4, -0.2) is 39.3 Å². The van der Waals surface area contributed by atoms with Crippen LogP contribution in [0.4, 0.5) is 0 Å². The van der Waals surface area contributed by atoms with Gasteiger partial charge in [0.05, 0.1) is 12.2 Å². The predicted octanol–water partition coefficient (Wildman–Crippen LogP) is 4.15. The number of carbonyl (C=O) groups is 1. The SMILES string of the molecule is O=C(CCCCCCC1CC[C@@H](O)[C@@H]1CCC(O)CSc1ccccc1)NO. The maximum Gasteiger partial charge on any atom is 0.243 e. The standard InChI is InChI=1S/C22H35NO4S/c24-18(16-28-19-9-5-3-6-10-19)13-14-20-17(12-15-21(20)25)8-4-1-2-7-11-22(26)23-27/h3,5-6,9-10,17-18,20-21,24-25,27H,1-2,4,7-8,11-16H2,(H,23,26)/t17?,18?,20-,21-/m1/s1. The summed E-state index contributed by atoms with van der Waals surface area (Å²) >= 11 is 1.68. The molecule has 0 saturated heterocycles. The van der Waals surface area contributed by atoms with Crippen LogP contribution in [0.3, 0.4) is 0 Å². The molecule has 0 bridgehead atoms. The van der Waals surface area contributed by atoms with Gasteiger partial charge in [0.25, 0.3) is 0 Å². The highest BCUT2D eigenvalue weighted by Crippen LogP contribution is 2.39. The molecule has 0 aromatic heterocycles. The average Bonchev–Trinajstić information content (AvgIpc) is 3.07. The van der Waals surface area contributed by atoms with E-state index in [0.717, 1.165) is 57.8 Å². The van der Waals surface area contributed by atoms with E-state index in [4.69, 9.17) is 5.21 Å². The molecule has 28 heavy (non-hydrogen) atoms. The largest absolute Gasteiger partial charge is 0.393 e. The second-order valence-corrected chi connectivity index (χ2v) is 9.01. The molecule has 1 saturated carbocycles. The Morgan fingerprint density at radius 1 is 1.11 bits per heavy atom. The molecule has 0 heterocycles. The number of hydroxylamine groups is 1. The first-order chi connectivity index (χ1) is 13.6. The third-order valence-electron chi connectivity index (χ3n) is 5.81. The summed E-state index contributed by atoms with van der Waals surface area (Å²) in [7, 11) is 0. The van der Waals surface area contributed by atoms with E-state index in [9.17, 15) is 15.0 Å². The molecule has 4 atom stereocenters. The normalized spacial score (nSPS) is 22.9. The van der Waals surface area contributed by atoms with Crippen molar-refractivity contribution in [1.82, 2.24) is 5.48 Å². The summed E-state index contributed by atoms with van der Waals surface area (Å²) in [4.78, 5) is 12.2. The highest BCUT2D eigenvalue weighted by molar-refractivity contribution is 7.99. The zero-order chi connectivity index (χ0) is 20.2. The molecule has 0 aliphatic heterocycles. The molecular weight excluding hydrogens is 374 g/mol. The lowest BCUT2D eigenvalue weighted by Gasteiger charge is -2.23. The van der Waals surface area contributed by atoms with E-state index in [2.05, 4.69) is 12.1 Å².